The molecule has 0 bridgehead atoms. The number of aromatic nitrogens is 3. The fourth-order valence-electron chi connectivity index (χ4n) is 4.03. The number of ether oxygens (including phenoxy) is 2. The standard InChI is InChI=1S/C20H11N3O5/c24-9-1-3-12-17(5-9)27-18-6-10(25)2-4-13(18)20(12)14-8-16-15(21-23-22-16)7-11(14)19(26)28-20/h1-8,24-25H,(H,21,22,23). The van der Waals surface area contributed by atoms with Gasteiger partial charge in [-0.05, 0) is 36.4 Å². The molecule has 8 nitrogen and oxygen atoms in total. The summed E-state index contributed by atoms with van der Waals surface area (Å²) in [6.07, 6.45) is 0. The van der Waals surface area contributed by atoms with Gasteiger partial charge in [0, 0.05) is 28.8 Å². The van der Waals surface area contributed by atoms with Crippen molar-refractivity contribution in [3.8, 4) is 23.0 Å². The number of nitrogens with zero attached hydrogens (tertiary/aromatic N) is 2. The first kappa shape index (κ1) is 15.0. The van der Waals surface area contributed by atoms with E-state index in [0.29, 0.717) is 44.8 Å². The van der Waals surface area contributed by atoms with Crippen LogP contribution in [0.15, 0.2) is 48.5 Å². The minimum atomic E-state index is -1.29. The first-order chi connectivity index (χ1) is 13.6. The maximum atomic E-state index is 12.8. The van der Waals surface area contributed by atoms with E-state index in [0.717, 1.165) is 0 Å². The largest absolute Gasteiger partial charge is 0.508 e. The average Bonchev–Trinajstić information content (AvgIpc) is 3.23. The van der Waals surface area contributed by atoms with Gasteiger partial charge in [-0.15, -0.1) is 0 Å². The Morgan fingerprint density at radius 3 is 2.07 bits per heavy atom. The van der Waals surface area contributed by atoms with Crippen LogP contribution in [0.3, 0.4) is 0 Å². The lowest BCUT2D eigenvalue weighted by atomic mass is 9.77. The van der Waals surface area contributed by atoms with Crippen molar-refractivity contribution in [2.45, 2.75) is 5.60 Å². The normalized spacial score (nSPS) is 15.6. The molecule has 8 heteroatoms. The van der Waals surface area contributed by atoms with Gasteiger partial charge in [0.15, 0.2) is 5.60 Å². The second-order valence-corrected chi connectivity index (χ2v) is 6.74. The molecule has 6 rings (SSSR count). The van der Waals surface area contributed by atoms with Crippen LogP contribution in [0.5, 0.6) is 23.0 Å². The van der Waals surface area contributed by atoms with Crippen LogP contribution in [0.4, 0.5) is 0 Å². The van der Waals surface area contributed by atoms with Gasteiger partial charge in [0.2, 0.25) is 0 Å². The fraction of sp³-hybridized carbons (Fsp3) is 0.0500. The number of aromatic amines is 1. The number of nitrogens with one attached hydrogen (secondary N) is 1. The second-order valence-electron chi connectivity index (χ2n) is 6.74. The van der Waals surface area contributed by atoms with Crippen molar-refractivity contribution in [3.63, 3.8) is 0 Å². The maximum Gasteiger partial charge on any atom is 0.340 e. The van der Waals surface area contributed by atoms with Crippen LogP contribution >= 0.6 is 0 Å². The Morgan fingerprint density at radius 1 is 0.821 bits per heavy atom. The van der Waals surface area contributed by atoms with Gasteiger partial charge in [-0.2, -0.15) is 15.4 Å². The van der Waals surface area contributed by atoms with Gasteiger partial charge < -0.3 is 19.7 Å². The molecule has 2 aliphatic heterocycles. The Bertz CT molecular complexity index is 1280. The molecule has 2 aliphatic rings. The van der Waals surface area contributed by atoms with Crippen molar-refractivity contribution < 1.29 is 24.5 Å². The van der Waals surface area contributed by atoms with Crippen LogP contribution in [0.2, 0.25) is 0 Å². The maximum absolute atomic E-state index is 12.8. The minimum absolute atomic E-state index is 0.00834. The quantitative estimate of drug-likeness (QED) is 0.406. The Labute approximate surface area is 157 Å². The van der Waals surface area contributed by atoms with E-state index in [1.165, 1.54) is 24.3 Å². The molecule has 1 spiro atoms. The third-order valence-corrected chi connectivity index (χ3v) is 5.21. The first-order valence-corrected chi connectivity index (χ1v) is 8.49. The SMILES string of the molecule is O=C1OC2(c3ccc(O)cc3Oc3cc(O)ccc32)c2cc3n[nH]nc3cc21. The topological polar surface area (TPSA) is 118 Å². The number of carbonyl (C=O) groups is 1. The summed E-state index contributed by atoms with van der Waals surface area (Å²) in [4.78, 5) is 12.8. The number of rotatable bonds is 0. The van der Waals surface area contributed by atoms with Crippen LogP contribution in [0.1, 0.15) is 27.0 Å². The highest BCUT2D eigenvalue weighted by atomic mass is 16.6. The van der Waals surface area contributed by atoms with Crippen molar-refractivity contribution in [1.82, 2.24) is 15.4 Å². The summed E-state index contributed by atoms with van der Waals surface area (Å²) in [5, 5.41) is 30.6. The Morgan fingerprint density at radius 2 is 1.43 bits per heavy atom. The summed E-state index contributed by atoms with van der Waals surface area (Å²) in [6.45, 7) is 0. The highest BCUT2D eigenvalue weighted by molar-refractivity contribution is 6.00. The Kier molecular flexibility index (Phi) is 2.58. The van der Waals surface area contributed by atoms with E-state index in [2.05, 4.69) is 15.4 Å². The van der Waals surface area contributed by atoms with Crippen LogP contribution in [-0.4, -0.2) is 31.6 Å². The molecular weight excluding hydrogens is 362 g/mol. The zero-order chi connectivity index (χ0) is 19.0. The molecule has 136 valence electrons. The van der Waals surface area contributed by atoms with Gasteiger partial charge in [-0.1, -0.05) is 0 Å². The molecule has 28 heavy (non-hydrogen) atoms. The zero-order valence-corrected chi connectivity index (χ0v) is 14.1. The van der Waals surface area contributed by atoms with E-state index < -0.39 is 11.6 Å². The molecule has 0 radical (unpaired) electrons. The van der Waals surface area contributed by atoms with E-state index in [9.17, 15) is 15.0 Å². The van der Waals surface area contributed by atoms with E-state index in [-0.39, 0.29) is 11.5 Å². The van der Waals surface area contributed by atoms with Crippen molar-refractivity contribution in [1.29, 1.82) is 0 Å². The van der Waals surface area contributed by atoms with Crippen LogP contribution in [-0.2, 0) is 10.3 Å². The molecule has 0 fully saturated rings. The third-order valence-electron chi connectivity index (χ3n) is 5.21. The summed E-state index contributed by atoms with van der Waals surface area (Å²) in [7, 11) is 0. The number of carbonyl (C=O) groups excluding carboxylic acids is 1. The molecule has 0 aliphatic carbocycles. The van der Waals surface area contributed by atoms with Gasteiger partial charge in [0.1, 0.15) is 34.0 Å². The highest BCUT2D eigenvalue weighted by Crippen LogP contribution is 2.57. The molecule has 4 aromatic rings. The number of phenols is 2. The zero-order valence-electron chi connectivity index (χ0n) is 14.1. The average molecular weight is 373 g/mol. The lowest BCUT2D eigenvalue weighted by molar-refractivity contribution is 0.0224. The van der Waals surface area contributed by atoms with E-state index in [1.54, 1.807) is 24.3 Å². The lowest BCUT2D eigenvalue weighted by Gasteiger charge is -2.36. The molecule has 3 N–H and O–H groups in total. The van der Waals surface area contributed by atoms with Crippen molar-refractivity contribution >= 4 is 17.0 Å². The minimum Gasteiger partial charge on any atom is -0.508 e. The lowest BCUT2D eigenvalue weighted by Crippen LogP contribution is -2.32. The second kappa shape index (κ2) is 4.80. The number of H-pyrrole nitrogens is 1. The summed E-state index contributed by atoms with van der Waals surface area (Å²) >= 11 is 0. The van der Waals surface area contributed by atoms with Gasteiger partial charge in [0.25, 0.3) is 0 Å². The van der Waals surface area contributed by atoms with E-state index in [1.807, 2.05) is 0 Å². The predicted molar refractivity (Wildman–Crippen MR) is 95.5 cm³/mol. The fourth-order valence-corrected chi connectivity index (χ4v) is 4.03. The van der Waals surface area contributed by atoms with Gasteiger partial charge in [-0.25, -0.2) is 4.79 Å². The van der Waals surface area contributed by atoms with E-state index in [4.69, 9.17) is 9.47 Å². The molecule has 1 aromatic heterocycles. The number of esters is 1. The third kappa shape index (κ3) is 1.71. The Hall–Kier alpha value is -4.07. The number of fused-ring (bicyclic) bond motifs is 7. The van der Waals surface area contributed by atoms with Crippen LogP contribution < -0.4 is 4.74 Å². The molecule has 0 saturated carbocycles. The van der Waals surface area contributed by atoms with Gasteiger partial charge in [0.05, 0.1) is 5.56 Å². The molecule has 0 unspecified atom stereocenters. The predicted octanol–water partition coefficient (Wildman–Crippen LogP) is 2.94. The highest BCUT2D eigenvalue weighted by Gasteiger charge is 2.54. The summed E-state index contributed by atoms with van der Waals surface area (Å²) in [6, 6.07) is 12.6. The van der Waals surface area contributed by atoms with Crippen molar-refractivity contribution in [2.75, 3.05) is 0 Å². The first-order valence-electron chi connectivity index (χ1n) is 8.49. The number of phenolic OH excluding ortho intramolecular Hbond substituents is 2. The summed E-state index contributed by atoms with van der Waals surface area (Å²) < 4.78 is 11.9. The molecule has 3 heterocycles. The molecule has 0 amide bonds. The number of aromatic hydroxyl groups is 2. The van der Waals surface area contributed by atoms with Crippen LogP contribution in [0, 0.1) is 0 Å². The number of hydrogen-bond donors (Lipinski definition) is 3. The monoisotopic (exact) mass is 373 g/mol. The molecular formula is C20H11N3O5. The molecule has 0 atom stereocenters. The van der Waals surface area contributed by atoms with Gasteiger partial charge in [-0.3, -0.25) is 0 Å². The number of benzene rings is 3. The van der Waals surface area contributed by atoms with Crippen molar-refractivity contribution in [3.05, 3.63) is 70.8 Å². The van der Waals surface area contributed by atoms with E-state index >= 15 is 0 Å². The summed E-state index contributed by atoms with van der Waals surface area (Å²) in [5.41, 5.74) is 1.96. The molecule has 0 saturated heterocycles. The van der Waals surface area contributed by atoms with Gasteiger partial charge >= 0.3 is 5.97 Å². The van der Waals surface area contributed by atoms with Crippen molar-refractivity contribution in [2.24, 2.45) is 0 Å². The molecule has 3 aromatic carbocycles. The van der Waals surface area contributed by atoms with Crippen LogP contribution in [0.25, 0.3) is 11.0 Å². The number of hydrogen-bond acceptors (Lipinski definition) is 7. The smallest absolute Gasteiger partial charge is 0.340 e. The summed E-state index contributed by atoms with van der Waals surface area (Å²) in [5.74, 6) is 0.181. The Balaban J connectivity index is 1.76.